The van der Waals surface area contributed by atoms with Crippen LogP contribution in [0.15, 0.2) is 150 Å². The molecule has 3 saturated heterocycles. The number of carboxylic acid groups (broad SMARTS) is 2. The summed E-state index contributed by atoms with van der Waals surface area (Å²) in [5.74, 6) is 0.618. The number of alkyl carbamates (subject to hydrolysis) is 3. The predicted molar refractivity (Wildman–Crippen MR) is 325 cm³/mol. The molecule has 23 heteroatoms. The Morgan fingerprint density at radius 3 is 1.13 bits per heavy atom. The number of cyclic esters (lactones) is 3. The topological polar surface area (TPSA) is 314 Å². The van der Waals surface area contributed by atoms with E-state index in [0.717, 1.165) is 32.3 Å². The lowest BCUT2D eigenvalue weighted by Crippen LogP contribution is -2.38. The molecule has 5 aromatic carbocycles. The van der Waals surface area contributed by atoms with Crippen LogP contribution in [-0.4, -0.2) is 138 Å². The number of carbonyl (C=O) groups is 7. The fourth-order valence-corrected chi connectivity index (χ4v) is 7.75. The molecule has 0 spiro atoms. The van der Waals surface area contributed by atoms with Crippen molar-refractivity contribution in [1.29, 1.82) is 0 Å². The molecule has 8 rings (SSSR count). The third-order valence-electron chi connectivity index (χ3n) is 11.0. The number of benzene rings is 5. The van der Waals surface area contributed by atoms with Crippen LogP contribution in [0.1, 0.15) is 55.5 Å². The van der Waals surface area contributed by atoms with Gasteiger partial charge in [0.05, 0.1) is 39.0 Å². The van der Waals surface area contributed by atoms with E-state index in [1.807, 2.05) is 185 Å². The number of methoxy groups -OCH3 is 2. The molecule has 10 N–H and O–H groups in total. The molecular weight excluding hydrogens is 1260 g/mol. The molecule has 0 saturated carbocycles. The van der Waals surface area contributed by atoms with Crippen LogP contribution in [0.3, 0.4) is 0 Å². The Hall–Kier alpha value is -6.89. The Balaban J connectivity index is 0.000000974. The number of amides is 3. The second kappa shape index (κ2) is 44.7. The Bertz CT molecular complexity index is 2500. The maximum atomic E-state index is 11.4. The van der Waals surface area contributed by atoms with Crippen LogP contribution in [0.5, 0.6) is 0 Å². The molecule has 0 aliphatic carbocycles. The van der Waals surface area contributed by atoms with Gasteiger partial charge in [0.2, 0.25) is 12.2 Å². The van der Waals surface area contributed by atoms with Crippen molar-refractivity contribution in [2.24, 2.45) is 11.5 Å². The maximum absolute atomic E-state index is 11.4. The van der Waals surface area contributed by atoms with Crippen molar-refractivity contribution in [2.45, 2.75) is 108 Å². The zero-order valence-electron chi connectivity index (χ0n) is 47.2. The molecule has 3 heterocycles. The second-order valence-electron chi connectivity index (χ2n) is 16.6. The number of aliphatic carboxylic acids is 2. The molecule has 20 nitrogen and oxygen atoms in total. The van der Waals surface area contributed by atoms with Gasteiger partial charge >= 0.3 is 42.2 Å². The molecule has 5 aromatic rings. The van der Waals surface area contributed by atoms with Gasteiger partial charge in [-0.15, -0.1) is 0 Å². The zero-order valence-corrected chi connectivity index (χ0v) is 52.0. The number of carbonyl (C=O) groups excluding carboxylic acids is 5. The van der Waals surface area contributed by atoms with E-state index < -0.39 is 72.6 Å². The summed E-state index contributed by atoms with van der Waals surface area (Å²) >= 11 is 9.18. The summed E-state index contributed by atoms with van der Waals surface area (Å²) in [5, 5.41) is 34.0. The number of carboxylic acids is 2. The third kappa shape index (κ3) is 29.7. The van der Waals surface area contributed by atoms with E-state index in [1.54, 1.807) is 0 Å². The van der Waals surface area contributed by atoms with E-state index in [0.29, 0.717) is 32.1 Å². The summed E-state index contributed by atoms with van der Waals surface area (Å²) in [4.78, 5) is 76.9. The predicted octanol–water partition coefficient (Wildman–Crippen LogP) is 8.58. The second-order valence-corrected chi connectivity index (χ2v) is 17.5. The largest absolute Gasteiger partial charge is 0.480 e. The molecule has 8 atom stereocenters. The quantitative estimate of drug-likeness (QED) is 0.0276. The van der Waals surface area contributed by atoms with Gasteiger partial charge in [-0.3, -0.25) is 9.59 Å². The Kier molecular flexibility index (Phi) is 41.0. The summed E-state index contributed by atoms with van der Waals surface area (Å²) in [5.41, 5.74) is 15.8. The molecule has 450 valence electrons. The lowest BCUT2D eigenvalue weighted by Gasteiger charge is -2.14. The van der Waals surface area contributed by atoms with Crippen LogP contribution >= 0.6 is 47.8 Å². The smallest absolute Gasteiger partial charge is 0.408 e. The number of esters is 2. The minimum Gasteiger partial charge on any atom is -0.480 e. The molecule has 3 fully saturated rings. The summed E-state index contributed by atoms with van der Waals surface area (Å²) < 4.78 is 24.8. The molecule has 82 heavy (non-hydrogen) atoms. The first-order valence-corrected chi connectivity index (χ1v) is 29.8. The number of nitrogens with one attached hydrogen (secondary N) is 3. The molecular formula is C59H78Br3N5O15. The first-order valence-electron chi connectivity index (χ1n) is 25.8. The number of hydrogen-bond acceptors (Lipinski definition) is 15. The highest BCUT2D eigenvalue weighted by Crippen LogP contribution is 2.18. The highest BCUT2D eigenvalue weighted by atomic mass is 79.9. The molecule has 0 radical (unpaired) electrons. The van der Waals surface area contributed by atoms with E-state index in [1.165, 1.54) is 14.2 Å². The van der Waals surface area contributed by atoms with Crippen LogP contribution in [0.2, 0.25) is 0 Å². The van der Waals surface area contributed by atoms with Crippen molar-refractivity contribution in [3.63, 3.8) is 0 Å². The van der Waals surface area contributed by atoms with E-state index in [2.05, 4.69) is 73.2 Å². The lowest BCUT2D eigenvalue weighted by molar-refractivity contribution is -0.150. The SMILES string of the molecule is CBr.CBr.CC.CC.COC(=O)[C@H]1OC(=O)N[C@H]1Cc1ccccc1.COC(=O)[C@H]1OC(=O)N[C@H]1Cc1ccccc1.N[C@@H](Cc1cccc(Br)c1)C(=O)O.N[C@@H](Cc1ccccc1)C(=O)O.O=C1N[C@@H](Cc2ccccc2)[C@@H](CO)O1. The molecule has 3 aliphatic heterocycles. The first kappa shape index (κ1) is 75.1. The summed E-state index contributed by atoms with van der Waals surface area (Å²) in [7, 11) is 2.54. The summed E-state index contributed by atoms with van der Waals surface area (Å²) in [6, 6.07) is 43.2. The van der Waals surface area contributed by atoms with Gasteiger partial charge in [-0.05, 0) is 83.7 Å². The van der Waals surface area contributed by atoms with Gasteiger partial charge in [-0.2, -0.15) is 0 Å². The van der Waals surface area contributed by atoms with Crippen LogP contribution in [0.4, 0.5) is 14.4 Å². The third-order valence-corrected chi connectivity index (χ3v) is 11.5. The average molecular weight is 1340 g/mol. The fraction of sp³-hybridized carbons (Fsp3) is 0.373. The fourth-order valence-electron chi connectivity index (χ4n) is 7.30. The number of ether oxygens (including phenoxy) is 5. The molecule has 3 aliphatic rings. The number of rotatable bonds is 15. The molecule has 0 bridgehead atoms. The summed E-state index contributed by atoms with van der Waals surface area (Å²) in [6.45, 7) is 7.86. The lowest BCUT2D eigenvalue weighted by atomic mass is 10.0. The highest BCUT2D eigenvalue weighted by Gasteiger charge is 2.41. The molecule has 0 unspecified atom stereocenters. The number of hydrogen-bond donors (Lipinski definition) is 8. The number of aliphatic hydroxyl groups is 1. The van der Waals surface area contributed by atoms with Gasteiger partial charge in [0.15, 0.2) is 0 Å². The Morgan fingerprint density at radius 2 is 0.805 bits per heavy atom. The van der Waals surface area contributed by atoms with Gasteiger partial charge in [0.1, 0.15) is 18.2 Å². The molecule has 0 aromatic heterocycles. The van der Waals surface area contributed by atoms with E-state index >= 15 is 0 Å². The molecule has 3 amide bonds. The normalized spacial score (nSPS) is 18.0. The number of aliphatic hydroxyl groups excluding tert-OH is 1. The van der Waals surface area contributed by atoms with Crippen molar-refractivity contribution in [3.8, 4) is 0 Å². The average Bonchev–Trinajstić information content (AvgIpc) is 4.20. The monoisotopic (exact) mass is 1330 g/mol. The van der Waals surface area contributed by atoms with Crippen molar-refractivity contribution in [3.05, 3.63) is 178 Å². The minimum atomic E-state index is -0.972. The van der Waals surface area contributed by atoms with Crippen LogP contribution in [0, 0.1) is 0 Å². The Labute approximate surface area is 505 Å². The van der Waals surface area contributed by atoms with Crippen molar-refractivity contribution in [2.75, 3.05) is 32.5 Å². The maximum Gasteiger partial charge on any atom is 0.408 e. The van der Waals surface area contributed by atoms with Crippen molar-refractivity contribution >= 4 is 89.9 Å². The zero-order chi connectivity index (χ0) is 62.0. The number of halogens is 3. The van der Waals surface area contributed by atoms with Crippen LogP contribution < -0.4 is 27.4 Å². The Morgan fingerprint density at radius 1 is 0.500 bits per heavy atom. The highest BCUT2D eigenvalue weighted by molar-refractivity contribution is 9.10. The first-order chi connectivity index (χ1) is 39.5. The van der Waals surface area contributed by atoms with Crippen LogP contribution in [-0.2, 0) is 75.0 Å². The van der Waals surface area contributed by atoms with Gasteiger partial charge in [0.25, 0.3) is 0 Å². The van der Waals surface area contributed by atoms with Gasteiger partial charge in [0, 0.05) is 4.47 Å². The van der Waals surface area contributed by atoms with E-state index in [-0.39, 0.29) is 24.7 Å². The van der Waals surface area contributed by atoms with Crippen LogP contribution in [0.25, 0.3) is 0 Å². The van der Waals surface area contributed by atoms with E-state index in [4.69, 9.17) is 41.0 Å². The van der Waals surface area contributed by atoms with Gasteiger partial charge < -0.3 is 66.4 Å². The number of alkyl halides is 2. The van der Waals surface area contributed by atoms with Crippen molar-refractivity contribution < 1.29 is 72.6 Å². The van der Waals surface area contributed by atoms with E-state index in [9.17, 15) is 33.6 Å². The number of nitrogens with two attached hydrogens (primary N) is 2. The minimum absolute atomic E-state index is 0.134. The summed E-state index contributed by atoms with van der Waals surface area (Å²) in [6.07, 6.45) is -1.29. The van der Waals surface area contributed by atoms with Gasteiger partial charge in [-0.25, -0.2) is 24.0 Å². The van der Waals surface area contributed by atoms with Crippen molar-refractivity contribution in [1.82, 2.24) is 16.0 Å². The standard InChI is InChI=1S/2C12H13NO4.C11H13NO3.C9H10BrNO2.C9H11NO2.2C2H6.2CH3Br/c2*1-16-11(14)10-9(13-12(15)17-10)7-8-5-3-2-4-6-8;13-7-10-9(12-11(14)15-10)6-8-4-2-1-3-5-8;10-7-3-1-2-6(4-7)5-8(11)9(12)13;10-8(9(11)12)6-7-4-2-1-3-5-7;4*1-2/h2*2-6,9-10H,7H2,1H3,(H,13,15);1-5,9-10,13H,6-7H2,(H,12,14);1-4,8H,5,11H2,(H,12,13);1-5,8H,6,10H2,(H,11,12);2*1-2H3;2*1H3/t2*9-,10-;9-,10+;2*8-;;;;/m00000..../s1. The van der Waals surface area contributed by atoms with Gasteiger partial charge in [-0.1, -0.05) is 209 Å².